The van der Waals surface area contributed by atoms with Crippen LogP contribution in [0.5, 0.6) is 5.75 Å². The number of ether oxygens (including phenoxy) is 2. The molecule has 0 aliphatic rings. The van der Waals surface area contributed by atoms with Crippen molar-refractivity contribution in [2.75, 3.05) is 13.2 Å². The minimum absolute atomic E-state index is 0.162. The molecule has 1 N–H and O–H groups in total. The van der Waals surface area contributed by atoms with Gasteiger partial charge in [-0.05, 0) is 67.8 Å². The van der Waals surface area contributed by atoms with Crippen LogP contribution in [0, 0.1) is 11.3 Å². The predicted octanol–water partition coefficient (Wildman–Crippen LogP) is 5.15. The first-order chi connectivity index (χ1) is 18.4. The maximum absolute atomic E-state index is 13.2. The summed E-state index contributed by atoms with van der Waals surface area (Å²) in [6, 6.07) is 22.2. The standard InChI is InChI=1S/C28H27N3O5S2/c1-2-35-27(32)12-7-15-36-22-13-14-24-26(18-22)37-28(30-24)25(17-20-8-6-9-21(16-20)19-29)31-38(33,34)23-10-4-3-5-11-23/h3-6,8-11,13-14,16,18,25,31H,2,7,12,15,17H2,1H3. The highest BCUT2D eigenvalue weighted by atomic mass is 32.2. The molecule has 4 aromatic rings. The van der Waals surface area contributed by atoms with Gasteiger partial charge in [-0.2, -0.15) is 5.26 Å². The SMILES string of the molecule is CCOC(=O)CCCOc1ccc2nc(C(Cc3cccc(C#N)c3)NS(=O)(=O)c3ccccc3)sc2c1. The number of nitrogens with zero attached hydrogens (tertiary/aromatic N) is 2. The van der Waals surface area contributed by atoms with Crippen molar-refractivity contribution < 1.29 is 22.7 Å². The highest BCUT2D eigenvalue weighted by Crippen LogP contribution is 2.32. The van der Waals surface area contributed by atoms with Crippen LogP contribution in [-0.2, 0) is 26.0 Å². The van der Waals surface area contributed by atoms with Gasteiger partial charge in [-0.15, -0.1) is 11.3 Å². The highest BCUT2D eigenvalue weighted by molar-refractivity contribution is 7.89. The molecule has 196 valence electrons. The molecule has 38 heavy (non-hydrogen) atoms. The zero-order valence-corrected chi connectivity index (χ0v) is 22.4. The van der Waals surface area contributed by atoms with Gasteiger partial charge < -0.3 is 9.47 Å². The lowest BCUT2D eigenvalue weighted by atomic mass is 10.0. The Hall–Kier alpha value is -3.78. The molecule has 0 bridgehead atoms. The quantitative estimate of drug-likeness (QED) is 0.192. The minimum Gasteiger partial charge on any atom is -0.494 e. The molecule has 4 rings (SSSR count). The monoisotopic (exact) mass is 549 g/mol. The zero-order chi connectivity index (χ0) is 27.0. The van der Waals surface area contributed by atoms with Gasteiger partial charge in [0.15, 0.2) is 0 Å². The van der Waals surface area contributed by atoms with E-state index in [0.29, 0.717) is 42.4 Å². The smallest absolute Gasteiger partial charge is 0.305 e. The molecule has 0 aliphatic carbocycles. The van der Waals surface area contributed by atoms with Crippen molar-refractivity contribution in [2.24, 2.45) is 0 Å². The van der Waals surface area contributed by atoms with E-state index in [1.165, 1.54) is 11.3 Å². The number of aromatic nitrogens is 1. The summed E-state index contributed by atoms with van der Waals surface area (Å²) >= 11 is 1.38. The number of fused-ring (bicyclic) bond motifs is 1. The summed E-state index contributed by atoms with van der Waals surface area (Å²) in [7, 11) is -3.83. The van der Waals surface area contributed by atoms with E-state index in [9.17, 15) is 18.5 Å². The van der Waals surface area contributed by atoms with Crippen LogP contribution in [0.1, 0.15) is 41.9 Å². The average molecular weight is 550 g/mol. The summed E-state index contributed by atoms with van der Waals surface area (Å²) in [5.41, 5.74) is 2.04. The molecule has 0 saturated carbocycles. The number of rotatable bonds is 12. The van der Waals surface area contributed by atoms with Gasteiger partial charge in [0.25, 0.3) is 0 Å². The second kappa shape index (κ2) is 12.6. The second-order valence-electron chi connectivity index (χ2n) is 8.44. The van der Waals surface area contributed by atoms with Crippen LogP contribution in [0.2, 0.25) is 0 Å². The van der Waals surface area contributed by atoms with E-state index in [4.69, 9.17) is 14.5 Å². The normalized spacial score (nSPS) is 12.1. The lowest BCUT2D eigenvalue weighted by Gasteiger charge is -2.17. The molecule has 0 saturated heterocycles. The van der Waals surface area contributed by atoms with E-state index in [1.807, 2.05) is 18.2 Å². The Balaban J connectivity index is 1.57. The highest BCUT2D eigenvalue weighted by Gasteiger charge is 2.25. The molecule has 0 aliphatic heterocycles. The molecule has 1 unspecified atom stereocenters. The molecule has 1 aromatic heterocycles. The van der Waals surface area contributed by atoms with Crippen molar-refractivity contribution >= 4 is 37.5 Å². The van der Waals surface area contributed by atoms with Crippen LogP contribution in [0.25, 0.3) is 10.2 Å². The van der Waals surface area contributed by atoms with Crippen molar-refractivity contribution in [3.63, 3.8) is 0 Å². The fourth-order valence-electron chi connectivity index (χ4n) is 3.84. The van der Waals surface area contributed by atoms with Crippen molar-refractivity contribution in [2.45, 2.75) is 37.1 Å². The van der Waals surface area contributed by atoms with Gasteiger partial charge in [0.2, 0.25) is 10.0 Å². The Bertz CT molecular complexity index is 1550. The predicted molar refractivity (Wildman–Crippen MR) is 145 cm³/mol. The molecule has 0 radical (unpaired) electrons. The van der Waals surface area contributed by atoms with Crippen LogP contribution in [0.4, 0.5) is 0 Å². The van der Waals surface area contributed by atoms with Gasteiger partial charge in [-0.3, -0.25) is 4.79 Å². The van der Waals surface area contributed by atoms with Gasteiger partial charge in [0.1, 0.15) is 10.8 Å². The lowest BCUT2D eigenvalue weighted by molar-refractivity contribution is -0.143. The molecular formula is C28H27N3O5S2. The van der Waals surface area contributed by atoms with Gasteiger partial charge in [0, 0.05) is 6.42 Å². The largest absolute Gasteiger partial charge is 0.494 e. The molecule has 0 fully saturated rings. The van der Waals surface area contributed by atoms with Crippen molar-refractivity contribution in [1.82, 2.24) is 9.71 Å². The number of hydrogen-bond donors (Lipinski definition) is 1. The molecule has 1 atom stereocenters. The minimum atomic E-state index is -3.83. The lowest BCUT2D eigenvalue weighted by Crippen LogP contribution is -2.30. The van der Waals surface area contributed by atoms with Crippen molar-refractivity contribution in [3.05, 3.63) is 88.9 Å². The van der Waals surface area contributed by atoms with E-state index < -0.39 is 16.1 Å². The van der Waals surface area contributed by atoms with Crippen LogP contribution in [-0.4, -0.2) is 32.6 Å². The number of carbonyl (C=O) groups is 1. The van der Waals surface area contributed by atoms with Crippen LogP contribution < -0.4 is 9.46 Å². The first kappa shape index (κ1) is 27.3. The second-order valence-corrected chi connectivity index (χ2v) is 11.2. The Morgan fingerprint density at radius 2 is 1.92 bits per heavy atom. The first-order valence-electron chi connectivity index (χ1n) is 12.1. The third kappa shape index (κ3) is 7.16. The van der Waals surface area contributed by atoms with Crippen molar-refractivity contribution in [3.8, 4) is 11.8 Å². The molecule has 8 nitrogen and oxygen atoms in total. The summed E-state index contributed by atoms with van der Waals surface area (Å²) in [4.78, 5) is 16.4. The van der Waals surface area contributed by atoms with E-state index >= 15 is 0 Å². The number of benzene rings is 3. The molecule has 0 spiro atoms. The summed E-state index contributed by atoms with van der Waals surface area (Å²) in [6.07, 6.45) is 1.14. The Morgan fingerprint density at radius 3 is 2.68 bits per heavy atom. The number of thiazole rings is 1. The number of esters is 1. The Kier molecular flexibility index (Phi) is 9.07. The number of nitriles is 1. The van der Waals surface area contributed by atoms with Crippen LogP contribution >= 0.6 is 11.3 Å². The third-order valence-electron chi connectivity index (χ3n) is 5.62. The maximum Gasteiger partial charge on any atom is 0.305 e. The summed E-state index contributed by atoms with van der Waals surface area (Å²) < 4.78 is 40.8. The first-order valence-corrected chi connectivity index (χ1v) is 14.4. The van der Waals surface area contributed by atoms with E-state index in [0.717, 1.165) is 15.8 Å². The molecule has 3 aromatic carbocycles. The number of hydrogen-bond acceptors (Lipinski definition) is 8. The molecular weight excluding hydrogens is 522 g/mol. The van der Waals surface area contributed by atoms with Crippen molar-refractivity contribution in [1.29, 1.82) is 5.26 Å². The molecule has 10 heteroatoms. The molecule has 1 heterocycles. The van der Waals surface area contributed by atoms with Gasteiger partial charge in [-0.1, -0.05) is 30.3 Å². The fraction of sp³-hybridized carbons (Fsp3) is 0.250. The van der Waals surface area contributed by atoms with E-state index in [2.05, 4.69) is 10.8 Å². The Morgan fingerprint density at radius 1 is 1.11 bits per heavy atom. The summed E-state index contributed by atoms with van der Waals surface area (Å²) in [6.45, 7) is 2.49. The van der Waals surface area contributed by atoms with Crippen LogP contribution in [0.15, 0.2) is 77.7 Å². The fourth-order valence-corrected chi connectivity index (χ4v) is 6.18. The maximum atomic E-state index is 13.2. The van der Waals surface area contributed by atoms with Crippen LogP contribution in [0.3, 0.4) is 0 Å². The van der Waals surface area contributed by atoms with E-state index in [-0.39, 0.29) is 17.3 Å². The molecule has 0 amide bonds. The number of sulfonamides is 1. The summed E-state index contributed by atoms with van der Waals surface area (Å²) in [5, 5.41) is 9.89. The third-order valence-corrected chi connectivity index (χ3v) is 8.24. The number of nitrogens with one attached hydrogen (secondary N) is 1. The van der Waals surface area contributed by atoms with Gasteiger partial charge >= 0.3 is 5.97 Å². The van der Waals surface area contributed by atoms with Gasteiger partial charge in [0.05, 0.1) is 46.0 Å². The van der Waals surface area contributed by atoms with E-state index in [1.54, 1.807) is 61.5 Å². The average Bonchev–Trinajstić information content (AvgIpc) is 3.35. The van der Waals surface area contributed by atoms with Gasteiger partial charge in [-0.25, -0.2) is 18.1 Å². The Labute approximate surface area is 225 Å². The zero-order valence-electron chi connectivity index (χ0n) is 20.8. The summed E-state index contributed by atoms with van der Waals surface area (Å²) in [5.74, 6) is 0.391. The topological polar surface area (TPSA) is 118 Å². The number of carbonyl (C=O) groups excluding carboxylic acids is 1.